The van der Waals surface area contributed by atoms with Gasteiger partial charge in [-0.25, -0.2) is 4.79 Å². The maximum atomic E-state index is 11.1. The van der Waals surface area contributed by atoms with Gasteiger partial charge in [-0.3, -0.25) is 14.8 Å². The summed E-state index contributed by atoms with van der Waals surface area (Å²) in [6.45, 7) is 3.59. The highest BCUT2D eigenvalue weighted by atomic mass is 16.6. The first kappa shape index (κ1) is 13.7. The number of carboxylic acid groups (broad SMARTS) is 1. The van der Waals surface area contributed by atoms with E-state index in [2.05, 4.69) is 5.10 Å². The number of nitro groups is 1. The van der Waals surface area contributed by atoms with Gasteiger partial charge in [-0.2, -0.15) is 5.10 Å². The summed E-state index contributed by atoms with van der Waals surface area (Å²) in [5.74, 6) is -1.02. The summed E-state index contributed by atoms with van der Waals surface area (Å²) in [6.07, 6.45) is 0. The van der Waals surface area contributed by atoms with Crippen LogP contribution in [0, 0.1) is 24.0 Å². The SMILES string of the molecule is Cc1nn(Cc2cccc([N+](=O)[O-])c2)c(C)c1C(=O)O. The smallest absolute Gasteiger partial charge is 0.339 e. The summed E-state index contributed by atoms with van der Waals surface area (Å²) >= 11 is 0. The van der Waals surface area contributed by atoms with Crippen LogP contribution in [-0.4, -0.2) is 25.8 Å². The summed E-state index contributed by atoms with van der Waals surface area (Å²) in [7, 11) is 0. The number of rotatable bonds is 4. The molecule has 0 aliphatic rings. The van der Waals surface area contributed by atoms with Crippen LogP contribution in [-0.2, 0) is 6.54 Å². The van der Waals surface area contributed by atoms with Gasteiger partial charge in [0, 0.05) is 12.1 Å². The van der Waals surface area contributed by atoms with Gasteiger partial charge in [0.2, 0.25) is 0 Å². The second kappa shape index (κ2) is 5.12. The van der Waals surface area contributed by atoms with Crippen molar-refractivity contribution in [3.63, 3.8) is 0 Å². The Morgan fingerprint density at radius 1 is 1.45 bits per heavy atom. The minimum Gasteiger partial charge on any atom is -0.478 e. The molecular formula is C13H13N3O4. The van der Waals surface area contributed by atoms with Crippen LogP contribution in [0.1, 0.15) is 27.3 Å². The minimum atomic E-state index is -1.02. The Morgan fingerprint density at radius 2 is 2.15 bits per heavy atom. The van der Waals surface area contributed by atoms with E-state index in [9.17, 15) is 14.9 Å². The number of aromatic carboxylic acids is 1. The Labute approximate surface area is 114 Å². The normalized spacial score (nSPS) is 10.5. The average Bonchev–Trinajstić information content (AvgIpc) is 2.64. The van der Waals surface area contributed by atoms with Gasteiger partial charge < -0.3 is 5.11 Å². The fraction of sp³-hybridized carbons (Fsp3) is 0.231. The van der Waals surface area contributed by atoms with Crippen LogP contribution in [0.4, 0.5) is 5.69 Å². The lowest BCUT2D eigenvalue weighted by atomic mass is 10.2. The number of nitro benzene ring substituents is 1. The van der Waals surface area contributed by atoms with Crippen molar-refractivity contribution in [1.29, 1.82) is 0 Å². The molecule has 0 radical (unpaired) electrons. The number of aryl methyl sites for hydroxylation is 1. The maximum Gasteiger partial charge on any atom is 0.339 e. The van der Waals surface area contributed by atoms with E-state index in [0.29, 0.717) is 23.5 Å². The largest absolute Gasteiger partial charge is 0.478 e. The molecule has 0 atom stereocenters. The summed E-state index contributed by atoms with van der Waals surface area (Å²) in [4.78, 5) is 21.4. The third kappa shape index (κ3) is 2.51. The van der Waals surface area contributed by atoms with Crippen LogP contribution in [0.25, 0.3) is 0 Å². The Balaban J connectivity index is 2.36. The van der Waals surface area contributed by atoms with Crippen LogP contribution in [0.5, 0.6) is 0 Å². The molecule has 7 nitrogen and oxygen atoms in total. The minimum absolute atomic E-state index is 0.00230. The highest BCUT2D eigenvalue weighted by molar-refractivity contribution is 5.90. The van der Waals surface area contributed by atoms with Gasteiger partial charge in [-0.1, -0.05) is 12.1 Å². The summed E-state index contributed by atoms with van der Waals surface area (Å²) in [5.41, 5.74) is 1.83. The first-order valence-corrected chi connectivity index (χ1v) is 5.90. The number of benzene rings is 1. The molecule has 0 aliphatic heterocycles. The first-order chi connectivity index (χ1) is 9.40. The van der Waals surface area contributed by atoms with Crippen LogP contribution in [0.15, 0.2) is 24.3 Å². The van der Waals surface area contributed by atoms with Crippen molar-refractivity contribution < 1.29 is 14.8 Å². The van der Waals surface area contributed by atoms with E-state index in [4.69, 9.17) is 5.11 Å². The fourth-order valence-electron chi connectivity index (χ4n) is 2.10. The first-order valence-electron chi connectivity index (χ1n) is 5.90. The van der Waals surface area contributed by atoms with Gasteiger partial charge >= 0.3 is 5.97 Å². The number of hydrogen-bond donors (Lipinski definition) is 1. The summed E-state index contributed by atoms with van der Waals surface area (Å²) < 4.78 is 1.54. The zero-order valence-corrected chi connectivity index (χ0v) is 11.0. The highest BCUT2D eigenvalue weighted by Crippen LogP contribution is 2.17. The third-order valence-corrected chi connectivity index (χ3v) is 3.05. The second-order valence-electron chi connectivity index (χ2n) is 4.44. The molecule has 0 spiro atoms. The number of carbonyl (C=O) groups is 1. The van der Waals surface area contributed by atoms with E-state index in [0.717, 1.165) is 0 Å². The van der Waals surface area contributed by atoms with Crippen molar-refractivity contribution in [2.45, 2.75) is 20.4 Å². The van der Waals surface area contributed by atoms with Crippen molar-refractivity contribution in [2.24, 2.45) is 0 Å². The predicted octanol–water partition coefficient (Wildman–Crippen LogP) is 2.15. The van der Waals surface area contributed by atoms with Gasteiger partial charge in [0.15, 0.2) is 0 Å². The van der Waals surface area contributed by atoms with Gasteiger partial charge in [0.1, 0.15) is 5.56 Å². The molecule has 2 aromatic rings. The van der Waals surface area contributed by atoms with E-state index in [1.54, 1.807) is 26.0 Å². The fourth-order valence-corrected chi connectivity index (χ4v) is 2.10. The van der Waals surface area contributed by atoms with E-state index >= 15 is 0 Å². The molecule has 0 amide bonds. The molecule has 0 bridgehead atoms. The van der Waals surface area contributed by atoms with Gasteiger partial charge in [0.05, 0.1) is 22.9 Å². The molecule has 0 unspecified atom stereocenters. The van der Waals surface area contributed by atoms with Crippen LogP contribution in [0.2, 0.25) is 0 Å². The Bertz CT molecular complexity index is 691. The standard InChI is InChI=1S/C13H13N3O4/c1-8-12(13(17)18)9(2)15(14-8)7-10-4-3-5-11(6-10)16(19)20/h3-6H,7H2,1-2H3,(H,17,18). The molecule has 20 heavy (non-hydrogen) atoms. The lowest BCUT2D eigenvalue weighted by Gasteiger charge is -2.04. The topological polar surface area (TPSA) is 98.3 Å². The van der Waals surface area contributed by atoms with E-state index in [1.165, 1.54) is 16.8 Å². The van der Waals surface area contributed by atoms with Gasteiger partial charge in [-0.15, -0.1) is 0 Å². The molecule has 1 aromatic heterocycles. The summed E-state index contributed by atoms with van der Waals surface area (Å²) in [5, 5.41) is 24.0. The highest BCUT2D eigenvalue weighted by Gasteiger charge is 2.18. The molecule has 0 saturated carbocycles. The Morgan fingerprint density at radius 3 is 2.70 bits per heavy atom. The van der Waals surface area contributed by atoms with Crippen LogP contribution < -0.4 is 0 Å². The number of aromatic nitrogens is 2. The Kier molecular flexibility index (Phi) is 3.51. The summed E-state index contributed by atoms with van der Waals surface area (Å²) in [6, 6.07) is 6.20. The Hall–Kier alpha value is -2.70. The predicted molar refractivity (Wildman–Crippen MR) is 70.9 cm³/mol. The zero-order valence-electron chi connectivity index (χ0n) is 11.0. The monoisotopic (exact) mass is 275 g/mol. The molecular weight excluding hydrogens is 262 g/mol. The van der Waals surface area contributed by atoms with Gasteiger partial charge in [-0.05, 0) is 19.4 Å². The number of carboxylic acids is 1. The molecule has 104 valence electrons. The second-order valence-corrected chi connectivity index (χ2v) is 4.44. The van der Waals surface area contributed by atoms with E-state index in [1.807, 2.05) is 0 Å². The van der Waals surface area contributed by atoms with Crippen molar-refractivity contribution in [1.82, 2.24) is 9.78 Å². The number of nitrogens with zero attached hydrogens (tertiary/aromatic N) is 3. The average molecular weight is 275 g/mol. The lowest BCUT2D eigenvalue weighted by Crippen LogP contribution is -2.06. The zero-order chi connectivity index (χ0) is 14.9. The molecule has 2 rings (SSSR count). The molecule has 1 heterocycles. The van der Waals surface area contributed by atoms with Gasteiger partial charge in [0.25, 0.3) is 5.69 Å². The number of non-ortho nitro benzene ring substituents is 1. The van der Waals surface area contributed by atoms with E-state index < -0.39 is 10.9 Å². The number of hydrogen-bond acceptors (Lipinski definition) is 4. The molecule has 1 N–H and O–H groups in total. The van der Waals surface area contributed by atoms with Crippen LogP contribution >= 0.6 is 0 Å². The molecule has 1 aromatic carbocycles. The third-order valence-electron chi connectivity index (χ3n) is 3.05. The van der Waals surface area contributed by atoms with E-state index in [-0.39, 0.29) is 11.3 Å². The molecule has 7 heteroatoms. The van der Waals surface area contributed by atoms with Crippen LogP contribution in [0.3, 0.4) is 0 Å². The quantitative estimate of drug-likeness (QED) is 0.681. The van der Waals surface area contributed by atoms with Crippen molar-refractivity contribution in [3.05, 3.63) is 56.9 Å². The van der Waals surface area contributed by atoms with Crippen molar-refractivity contribution in [2.75, 3.05) is 0 Å². The maximum absolute atomic E-state index is 11.1. The lowest BCUT2D eigenvalue weighted by molar-refractivity contribution is -0.384. The molecule has 0 saturated heterocycles. The molecule has 0 aliphatic carbocycles. The van der Waals surface area contributed by atoms with Crippen molar-refractivity contribution in [3.8, 4) is 0 Å². The van der Waals surface area contributed by atoms with Crippen molar-refractivity contribution >= 4 is 11.7 Å². The molecule has 0 fully saturated rings.